The van der Waals surface area contributed by atoms with Crippen LogP contribution in [0.3, 0.4) is 0 Å². The maximum absolute atomic E-state index is 10.7. The lowest BCUT2D eigenvalue weighted by atomic mass is 10.0. The van der Waals surface area contributed by atoms with Gasteiger partial charge in [0.15, 0.2) is 0 Å². The Hall–Kier alpha value is -0.400. The van der Waals surface area contributed by atoms with E-state index in [2.05, 4.69) is 4.74 Å². The predicted molar refractivity (Wildman–Crippen MR) is 48.9 cm³/mol. The molecule has 1 aliphatic rings. The van der Waals surface area contributed by atoms with Gasteiger partial charge in [-0.15, -0.1) is 0 Å². The number of alkyl halides is 1. The lowest BCUT2D eigenvalue weighted by molar-refractivity contribution is -0.271. The number of carbonyl (C=O) groups excluding carboxylic acids is 1. The van der Waals surface area contributed by atoms with Gasteiger partial charge in [0, 0.05) is 6.92 Å². The van der Waals surface area contributed by atoms with Crippen molar-refractivity contribution in [2.45, 2.75) is 36.9 Å². The van der Waals surface area contributed by atoms with Crippen LogP contribution in [0.25, 0.3) is 0 Å². The number of carbonyl (C=O) groups is 1. The largest absolute Gasteiger partial charge is 0.418 e. The first kappa shape index (κ1) is 12.7. The molecule has 1 rings (SSSR count). The molecule has 88 valence electrons. The van der Waals surface area contributed by atoms with E-state index in [0.29, 0.717) is 0 Å². The van der Waals surface area contributed by atoms with E-state index in [-0.39, 0.29) is 6.42 Å². The third-order valence-corrected chi connectivity index (χ3v) is 2.35. The first-order valence-electron chi connectivity index (χ1n) is 4.41. The Bertz CT molecular complexity index is 247. The van der Waals surface area contributed by atoms with Crippen molar-refractivity contribution in [2.24, 2.45) is 0 Å². The Balaban J connectivity index is 2.73. The van der Waals surface area contributed by atoms with E-state index >= 15 is 0 Å². The van der Waals surface area contributed by atoms with Gasteiger partial charge in [-0.1, -0.05) is 0 Å². The highest BCUT2D eigenvalue weighted by atomic mass is 35.5. The molecule has 4 atom stereocenters. The molecule has 0 amide bonds. The van der Waals surface area contributed by atoms with Crippen molar-refractivity contribution >= 4 is 17.6 Å². The molecule has 6 nitrogen and oxygen atoms in total. The average Bonchev–Trinajstić information content (AvgIpc) is 2.09. The minimum Gasteiger partial charge on any atom is -0.418 e. The topological polar surface area (TPSA) is 96.2 Å². The molecule has 0 saturated carbocycles. The highest BCUT2D eigenvalue weighted by Gasteiger charge is 2.47. The van der Waals surface area contributed by atoms with Gasteiger partial charge in [-0.3, -0.25) is 4.79 Å². The molecule has 0 spiro atoms. The molecule has 7 heteroatoms. The molecule has 0 aromatic carbocycles. The SMILES string of the molecule is CC(=O)O[C@]1(Cl)C[C@@H](O)[C@@H](O)[C@@H](CO)O1. The first-order chi connectivity index (χ1) is 6.88. The highest BCUT2D eigenvalue weighted by molar-refractivity contribution is 6.22. The number of ether oxygens (including phenoxy) is 2. The molecule has 0 aliphatic carbocycles. The average molecular weight is 241 g/mol. The van der Waals surface area contributed by atoms with Crippen molar-refractivity contribution < 1.29 is 29.6 Å². The number of esters is 1. The normalized spacial score (nSPS) is 41.3. The molecular formula is C8H13ClO6. The molecule has 0 unspecified atom stereocenters. The van der Waals surface area contributed by atoms with Gasteiger partial charge in [-0.2, -0.15) is 0 Å². The molecule has 1 aliphatic heterocycles. The monoisotopic (exact) mass is 240 g/mol. The Labute approximate surface area is 91.4 Å². The predicted octanol–water partition coefficient (Wildman–Crippen LogP) is -1.05. The lowest BCUT2D eigenvalue weighted by Crippen LogP contribution is -2.55. The quantitative estimate of drug-likeness (QED) is 0.421. The summed E-state index contributed by atoms with van der Waals surface area (Å²) in [7, 11) is 0. The van der Waals surface area contributed by atoms with Crippen molar-refractivity contribution in [2.75, 3.05) is 6.61 Å². The zero-order valence-corrected chi connectivity index (χ0v) is 8.85. The number of aliphatic hydroxyl groups excluding tert-OH is 3. The fourth-order valence-corrected chi connectivity index (χ4v) is 1.77. The molecule has 15 heavy (non-hydrogen) atoms. The van der Waals surface area contributed by atoms with Crippen LogP contribution in [0.2, 0.25) is 0 Å². The molecule has 0 aromatic heterocycles. The summed E-state index contributed by atoms with van der Waals surface area (Å²) in [5.74, 6) is -0.676. The minimum atomic E-state index is -1.82. The lowest BCUT2D eigenvalue weighted by Gasteiger charge is -2.40. The van der Waals surface area contributed by atoms with E-state index in [1.165, 1.54) is 0 Å². The van der Waals surface area contributed by atoms with E-state index in [1.807, 2.05) is 0 Å². The zero-order valence-electron chi connectivity index (χ0n) is 8.09. The van der Waals surface area contributed by atoms with Crippen LogP contribution in [0.15, 0.2) is 0 Å². The van der Waals surface area contributed by atoms with Crippen molar-refractivity contribution in [3.05, 3.63) is 0 Å². The fourth-order valence-electron chi connectivity index (χ4n) is 1.39. The highest BCUT2D eigenvalue weighted by Crippen LogP contribution is 2.34. The summed E-state index contributed by atoms with van der Waals surface area (Å²) in [5.41, 5.74) is 0. The van der Waals surface area contributed by atoms with Gasteiger partial charge in [0.1, 0.15) is 12.2 Å². The Morgan fingerprint density at radius 1 is 1.67 bits per heavy atom. The zero-order chi connectivity index (χ0) is 11.6. The first-order valence-corrected chi connectivity index (χ1v) is 4.79. The maximum Gasteiger partial charge on any atom is 0.306 e. The number of aliphatic hydroxyl groups is 3. The molecule has 0 radical (unpaired) electrons. The summed E-state index contributed by atoms with van der Waals surface area (Å²) >= 11 is 5.76. The van der Waals surface area contributed by atoms with Crippen molar-refractivity contribution in [1.29, 1.82) is 0 Å². The Morgan fingerprint density at radius 3 is 2.73 bits per heavy atom. The third kappa shape index (κ3) is 3.02. The molecule has 0 aromatic rings. The van der Waals surface area contributed by atoms with E-state index in [0.717, 1.165) is 6.92 Å². The minimum absolute atomic E-state index is 0.258. The van der Waals surface area contributed by atoms with Crippen LogP contribution in [0.1, 0.15) is 13.3 Å². The Kier molecular flexibility index (Phi) is 3.91. The molecule has 0 bridgehead atoms. The van der Waals surface area contributed by atoms with E-state index in [4.69, 9.17) is 21.4 Å². The summed E-state index contributed by atoms with van der Waals surface area (Å²) in [6, 6.07) is 0. The van der Waals surface area contributed by atoms with E-state index < -0.39 is 36.1 Å². The molecule has 1 heterocycles. The van der Waals surface area contributed by atoms with Crippen molar-refractivity contribution in [1.82, 2.24) is 0 Å². The van der Waals surface area contributed by atoms with Gasteiger partial charge in [0.25, 0.3) is 5.25 Å². The van der Waals surface area contributed by atoms with Crippen LogP contribution in [-0.4, -0.2) is 51.5 Å². The smallest absolute Gasteiger partial charge is 0.306 e. The molecule has 1 fully saturated rings. The van der Waals surface area contributed by atoms with E-state index in [1.54, 1.807) is 0 Å². The van der Waals surface area contributed by atoms with Crippen molar-refractivity contribution in [3.8, 4) is 0 Å². The number of hydrogen-bond acceptors (Lipinski definition) is 6. The van der Waals surface area contributed by atoms with E-state index in [9.17, 15) is 15.0 Å². The maximum atomic E-state index is 10.7. The summed E-state index contributed by atoms with van der Waals surface area (Å²) < 4.78 is 9.63. The second-order valence-corrected chi connectivity index (χ2v) is 3.93. The van der Waals surface area contributed by atoms with Gasteiger partial charge in [-0.05, 0) is 11.6 Å². The van der Waals surface area contributed by atoms with Crippen molar-refractivity contribution in [3.63, 3.8) is 0 Å². The number of hydrogen-bond donors (Lipinski definition) is 3. The Morgan fingerprint density at radius 2 is 2.27 bits per heavy atom. The molecule has 1 saturated heterocycles. The summed E-state index contributed by atoms with van der Waals surface area (Å²) in [6.07, 6.45) is -3.80. The van der Waals surface area contributed by atoms with Gasteiger partial charge in [-0.25, -0.2) is 0 Å². The second kappa shape index (κ2) is 4.63. The van der Waals surface area contributed by atoms with Crippen LogP contribution >= 0.6 is 11.6 Å². The van der Waals surface area contributed by atoms with Crippen LogP contribution in [0.5, 0.6) is 0 Å². The standard InChI is InChI=1S/C8H13ClO6/c1-4(11)14-8(9)2-5(12)7(13)6(3-10)15-8/h5-7,10,12-13H,2-3H2,1H3/t5-,6-,7-,8-/m1/s1. The van der Waals surface area contributed by atoms with Crippen LogP contribution in [-0.2, 0) is 14.3 Å². The van der Waals surface area contributed by atoms with Crippen LogP contribution in [0, 0.1) is 0 Å². The van der Waals surface area contributed by atoms with Gasteiger partial charge in [0.2, 0.25) is 0 Å². The molecule has 3 N–H and O–H groups in total. The number of rotatable bonds is 2. The summed E-state index contributed by atoms with van der Waals surface area (Å²) in [4.78, 5) is 10.7. The van der Waals surface area contributed by atoms with Gasteiger partial charge >= 0.3 is 5.97 Å². The van der Waals surface area contributed by atoms with Gasteiger partial charge in [0.05, 0.1) is 19.1 Å². The summed E-state index contributed by atoms with van der Waals surface area (Å²) in [6.45, 7) is 0.604. The number of halogens is 1. The molecular weight excluding hydrogens is 228 g/mol. The fraction of sp³-hybridized carbons (Fsp3) is 0.875. The second-order valence-electron chi connectivity index (χ2n) is 3.35. The third-order valence-electron chi connectivity index (χ3n) is 2.03. The van der Waals surface area contributed by atoms with Crippen LogP contribution in [0.4, 0.5) is 0 Å². The summed E-state index contributed by atoms with van der Waals surface area (Å²) in [5, 5.41) is 25.8. The van der Waals surface area contributed by atoms with Crippen LogP contribution < -0.4 is 0 Å². The van der Waals surface area contributed by atoms with Gasteiger partial charge < -0.3 is 24.8 Å².